The van der Waals surface area contributed by atoms with Crippen LogP contribution < -0.4 is 5.32 Å². The maximum absolute atomic E-state index is 12.4. The van der Waals surface area contributed by atoms with E-state index in [4.69, 9.17) is 0 Å². The summed E-state index contributed by atoms with van der Waals surface area (Å²) in [6.07, 6.45) is 19.2. The highest BCUT2D eigenvalue weighted by molar-refractivity contribution is 5.92. The number of H-pyrrole nitrogens is 1. The summed E-state index contributed by atoms with van der Waals surface area (Å²) in [4.78, 5) is 2.51. The number of halogens is 2. The van der Waals surface area contributed by atoms with Crippen LogP contribution >= 0.6 is 0 Å². The third-order valence-electron chi connectivity index (χ3n) is 6.36. The van der Waals surface area contributed by atoms with E-state index in [0.29, 0.717) is 12.1 Å². The van der Waals surface area contributed by atoms with Crippen LogP contribution in [0.4, 0.5) is 8.78 Å². The number of hydrogen-bond donors (Lipinski definition) is 2. The molecule has 2 N–H and O–H groups in total. The Hall–Kier alpha value is -3.70. The van der Waals surface area contributed by atoms with Gasteiger partial charge in [0.1, 0.15) is 5.69 Å². The lowest BCUT2D eigenvalue weighted by molar-refractivity contribution is 0.139. The second-order valence-electron chi connectivity index (χ2n) is 8.95. The lowest BCUT2D eigenvalue weighted by Gasteiger charge is -2.26. The predicted molar refractivity (Wildman–Crippen MR) is 159 cm³/mol. The minimum atomic E-state index is -2.29. The van der Waals surface area contributed by atoms with Crippen molar-refractivity contribution in [3.63, 3.8) is 0 Å². The molecule has 3 aromatic rings. The van der Waals surface area contributed by atoms with Crippen LogP contribution in [0, 0.1) is 12.8 Å². The maximum atomic E-state index is 12.4. The Morgan fingerprint density at radius 2 is 1.90 bits per heavy atom. The first kappa shape index (κ1) is 31.5. The van der Waals surface area contributed by atoms with Gasteiger partial charge in [0.25, 0.3) is 0 Å². The van der Waals surface area contributed by atoms with Crippen LogP contribution in [-0.2, 0) is 6.54 Å². The highest BCUT2D eigenvalue weighted by Gasteiger charge is 2.13. The number of likely N-dealkylation sites (tertiary alicyclic amines) is 1. The number of hydrogen-bond acceptors (Lipinski definition) is 4. The van der Waals surface area contributed by atoms with Gasteiger partial charge in [0.05, 0.1) is 24.0 Å². The molecule has 0 unspecified atom stereocenters. The van der Waals surface area contributed by atoms with Crippen molar-refractivity contribution in [1.82, 2.24) is 30.2 Å². The first-order valence-electron chi connectivity index (χ1n) is 13.7. The Morgan fingerprint density at radius 3 is 2.59 bits per heavy atom. The van der Waals surface area contributed by atoms with Crippen LogP contribution in [-0.4, -0.2) is 50.9 Å². The van der Waals surface area contributed by atoms with E-state index in [1.54, 1.807) is 12.2 Å². The summed E-state index contributed by atoms with van der Waals surface area (Å²) in [6.45, 7) is 14.3. The number of alkyl halides is 2. The fraction of sp³-hybridized carbons (Fsp3) is 0.419. The second kappa shape index (κ2) is 17.0. The fourth-order valence-corrected chi connectivity index (χ4v) is 4.36. The number of aromatic amines is 1. The van der Waals surface area contributed by atoms with Gasteiger partial charge in [-0.2, -0.15) is 10.2 Å². The zero-order chi connectivity index (χ0) is 28.6. The number of aromatic nitrogens is 4. The van der Waals surface area contributed by atoms with Crippen molar-refractivity contribution in [3.8, 4) is 24.0 Å². The number of rotatable bonds is 11. The molecule has 3 heterocycles. The average Bonchev–Trinajstić information content (AvgIpc) is 3.63. The summed E-state index contributed by atoms with van der Waals surface area (Å²) < 4.78 is 26.7. The van der Waals surface area contributed by atoms with Crippen molar-refractivity contribution < 1.29 is 8.78 Å². The molecule has 0 bridgehead atoms. The summed E-state index contributed by atoms with van der Waals surface area (Å²) in [5.41, 5.74) is 5.19. The van der Waals surface area contributed by atoms with Crippen LogP contribution in [0.15, 0.2) is 61.1 Å². The molecule has 1 fully saturated rings. The first-order chi connectivity index (χ1) is 19.0. The van der Waals surface area contributed by atoms with Gasteiger partial charge in [-0.25, -0.2) is 8.78 Å². The summed E-state index contributed by atoms with van der Waals surface area (Å²) in [5.74, 6) is 0. The average molecular weight is 537 g/mol. The molecule has 1 aliphatic heterocycles. The smallest absolute Gasteiger partial charge is 0.238 e. The molecule has 0 atom stereocenters. The third-order valence-corrected chi connectivity index (χ3v) is 6.36. The molecule has 0 aliphatic carbocycles. The summed E-state index contributed by atoms with van der Waals surface area (Å²) in [5, 5.41) is 16.3. The zero-order valence-corrected chi connectivity index (χ0v) is 23.5. The molecule has 2 aromatic heterocycles. The Bertz CT molecular complexity index is 1230. The molecule has 1 saturated heterocycles. The van der Waals surface area contributed by atoms with E-state index in [9.17, 15) is 8.78 Å². The quantitative estimate of drug-likeness (QED) is 0.200. The fourth-order valence-electron chi connectivity index (χ4n) is 4.36. The molecule has 0 radical (unpaired) electrons. The topological polar surface area (TPSA) is 61.8 Å². The predicted octanol–water partition coefficient (Wildman–Crippen LogP) is 7.25. The summed E-state index contributed by atoms with van der Waals surface area (Å²) in [6, 6.07) is 6.18. The number of nitrogens with zero attached hydrogens (tertiary/aromatic N) is 4. The number of nitrogens with one attached hydrogen (secondary N) is 2. The molecule has 8 heteroatoms. The minimum Gasteiger partial charge on any atom is -0.354 e. The van der Waals surface area contributed by atoms with Crippen LogP contribution in [0.2, 0.25) is 0 Å². The second-order valence-corrected chi connectivity index (χ2v) is 8.95. The molecule has 210 valence electrons. The van der Waals surface area contributed by atoms with E-state index >= 15 is 0 Å². The maximum Gasteiger partial charge on any atom is 0.238 e. The van der Waals surface area contributed by atoms with Crippen molar-refractivity contribution in [3.05, 3.63) is 66.8 Å². The third kappa shape index (κ3) is 9.52. The molecule has 0 spiro atoms. The largest absolute Gasteiger partial charge is 0.354 e. The van der Waals surface area contributed by atoms with Crippen molar-refractivity contribution in [2.75, 3.05) is 19.6 Å². The number of fused-ring (bicyclic) bond motifs is 1. The standard InChI is InChI=1S/C27H34F2N6.C2H6.C2H2/c1-3-23(9-5-6-10-26(28)29)31-20(2)27-24-17-21(11-12-25(24)32-33-27)22-18-30-35(19-22)16-15-34-13-7-4-8-14-34;2*1-2/h3,5,9,11-12,17-19,26,31H,2,4,6-8,10,13-16H2,1H3,(H,32,33);1-2H3;1-2H/b9-5-,23-3+;;. The lowest BCUT2D eigenvalue weighted by atomic mass is 10.1. The van der Waals surface area contributed by atoms with Gasteiger partial charge >= 0.3 is 0 Å². The first-order valence-corrected chi connectivity index (χ1v) is 13.7. The van der Waals surface area contributed by atoms with E-state index in [2.05, 4.69) is 63.3 Å². The molecule has 39 heavy (non-hydrogen) atoms. The van der Waals surface area contributed by atoms with E-state index < -0.39 is 6.43 Å². The molecule has 0 amide bonds. The van der Waals surface area contributed by atoms with Gasteiger partial charge < -0.3 is 10.2 Å². The van der Waals surface area contributed by atoms with Gasteiger partial charge in [-0.05, 0) is 63.0 Å². The molecule has 1 aromatic carbocycles. The normalized spacial score (nSPS) is 14.1. The molecule has 4 rings (SSSR count). The highest BCUT2D eigenvalue weighted by Crippen LogP contribution is 2.27. The van der Waals surface area contributed by atoms with Crippen LogP contribution in [0.5, 0.6) is 0 Å². The van der Waals surface area contributed by atoms with Gasteiger partial charge in [-0.15, -0.1) is 12.8 Å². The number of terminal acetylenes is 1. The number of allylic oxidation sites excluding steroid dienone is 3. The molecular weight excluding hydrogens is 494 g/mol. The van der Waals surface area contributed by atoms with E-state index in [-0.39, 0.29) is 6.42 Å². The van der Waals surface area contributed by atoms with E-state index in [0.717, 1.165) is 46.5 Å². The molecule has 6 nitrogen and oxygen atoms in total. The van der Waals surface area contributed by atoms with Crippen molar-refractivity contribution in [2.45, 2.75) is 65.8 Å². The van der Waals surface area contributed by atoms with Gasteiger partial charge in [-0.3, -0.25) is 9.78 Å². The van der Waals surface area contributed by atoms with E-state index in [1.165, 1.54) is 32.4 Å². The summed E-state index contributed by atoms with van der Waals surface area (Å²) >= 11 is 0. The van der Waals surface area contributed by atoms with Gasteiger partial charge in [0, 0.05) is 35.8 Å². The molecule has 0 saturated carbocycles. The van der Waals surface area contributed by atoms with Crippen LogP contribution in [0.1, 0.15) is 58.6 Å². The number of benzene rings is 1. The Balaban J connectivity index is 0.00000127. The van der Waals surface area contributed by atoms with Crippen LogP contribution in [0.25, 0.3) is 27.7 Å². The molecular formula is C31H42F2N6. The Kier molecular flexibility index (Phi) is 13.7. The van der Waals surface area contributed by atoms with Gasteiger partial charge in [0.15, 0.2) is 0 Å². The van der Waals surface area contributed by atoms with Crippen LogP contribution in [0.3, 0.4) is 0 Å². The van der Waals surface area contributed by atoms with Crippen molar-refractivity contribution >= 4 is 16.6 Å². The summed E-state index contributed by atoms with van der Waals surface area (Å²) in [7, 11) is 0. The monoisotopic (exact) mass is 536 g/mol. The van der Waals surface area contributed by atoms with Gasteiger partial charge in [0.2, 0.25) is 6.43 Å². The van der Waals surface area contributed by atoms with Crippen molar-refractivity contribution in [1.29, 1.82) is 0 Å². The van der Waals surface area contributed by atoms with Crippen molar-refractivity contribution in [2.24, 2.45) is 0 Å². The Labute approximate surface area is 231 Å². The minimum absolute atomic E-state index is 0.143. The van der Waals surface area contributed by atoms with E-state index in [1.807, 2.05) is 43.8 Å². The zero-order valence-electron chi connectivity index (χ0n) is 23.5. The SMILES string of the molecule is C#C.C=C(NC(/C=C\CCC(F)F)=C/C)c1n[nH]c2ccc(-c3cnn(CCN4CCCCC4)c3)cc12.CC. The lowest BCUT2D eigenvalue weighted by Crippen LogP contribution is -2.32. The molecule has 1 aliphatic rings. The Morgan fingerprint density at radius 1 is 1.15 bits per heavy atom. The number of piperidine rings is 1. The van der Waals surface area contributed by atoms with Gasteiger partial charge in [-0.1, -0.05) is 45.1 Å². The highest BCUT2D eigenvalue weighted by atomic mass is 19.3.